The van der Waals surface area contributed by atoms with Gasteiger partial charge < -0.3 is 5.32 Å². The van der Waals surface area contributed by atoms with Crippen molar-refractivity contribution in [2.75, 3.05) is 13.1 Å². The lowest BCUT2D eigenvalue weighted by atomic mass is 10.1. The standard InChI is InChI=1S/C9H20N2OS/c1-8(2)5-6-11-7-9(3,4)13(8,10)12/h10-11H,5-7H2,1-4H3. The molecule has 1 heterocycles. The molecule has 1 unspecified atom stereocenters. The molecular formula is C9H20N2OS. The van der Waals surface area contributed by atoms with Crippen LogP contribution in [0, 0.1) is 4.78 Å². The molecule has 13 heavy (non-hydrogen) atoms. The molecule has 2 N–H and O–H groups in total. The molecule has 1 saturated heterocycles. The van der Waals surface area contributed by atoms with E-state index in [4.69, 9.17) is 4.78 Å². The molecule has 0 saturated carbocycles. The summed E-state index contributed by atoms with van der Waals surface area (Å²) in [4.78, 5) is 0. The van der Waals surface area contributed by atoms with Gasteiger partial charge in [-0.3, -0.25) is 4.78 Å². The summed E-state index contributed by atoms with van der Waals surface area (Å²) in [5.41, 5.74) is 0. The van der Waals surface area contributed by atoms with Gasteiger partial charge in [-0.25, -0.2) is 4.21 Å². The molecule has 0 bridgehead atoms. The van der Waals surface area contributed by atoms with Crippen molar-refractivity contribution in [2.45, 2.75) is 43.6 Å². The van der Waals surface area contributed by atoms with Gasteiger partial charge in [0.05, 0.1) is 19.2 Å². The van der Waals surface area contributed by atoms with E-state index in [1.165, 1.54) is 0 Å². The molecule has 0 aliphatic carbocycles. The van der Waals surface area contributed by atoms with Crippen molar-refractivity contribution >= 4 is 9.73 Å². The van der Waals surface area contributed by atoms with Crippen LogP contribution in [-0.2, 0) is 9.73 Å². The largest absolute Gasteiger partial charge is 0.315 e. The van der Waals surface area contributed by atoms with Gasteiger partial charge in [-0.2, -0.15) is 0 Å². The first-order chi connectivity index (χ1) is 5.71. The second kappa shape index (κ2) is 2.95. The van der Waals surface area contributed by atoms with Crippen LogP contribution in [0.3, 0.4) is 0 Å². The lowest BCUT2D eigenvalue weighted by Crippen LogP contribution is -2.46. The lowest BCUT2D eigenvalue weighted by molar-refractivity contribution is 0.574. The van der Waals surface area contributed by atoms with Crippen LogP contribution < -0.4 is 5.32 Å². The normalized spacial score (nSPS) is 38.2. The molecule has 3 nitrogen and oxygen atoms in total. The molecule has 0 aromatic rings. The molecule has 0 aromatic carbocycles. The van der Waals surface area contributed by atoms with Crippen LogP contribution in [-0.4, -0.2) is 26.8 Å². The van der Waals surface area contributed by atoms with Crippen LogP contribution in [0.4, 0.5) is 0 Å². The van der Waals surface area contributed by atoms with Crippen LogP contribution in [0.1, 0.15) is 34.1 Å². The van der Waals surface area contributed by atoms with Crippen molar-refractivity contribution in [3.8, 4) is 0 Å². The maximum Gasteiger partial charge on any atom is 0.0612 e. The monoisotopic (exact) mass is 204 g/mol. The van der Waals surface area contributed by atoms with E-state index in [1.54, 1.807) is 0 Å². The molecule has 0 radical (unpaired) electrons. The van der Waals surface area contributed by atoms with Gasteiger partial charge in [0.1, 0.15) is 0 Å². The van der Waals surface area contributed by atoms with E-state index in [1.807, 2.05) is 27.7 Å². The lowest BCUT2D eigenvalue weighted by Gasteiger charge is -2.34. The summed E-state index contributed by atoms with van der Waals surface area (Å²) in [5, 5.41) is 3.25. The molecule has 4 heteroatoms. The van der Waals surface area contributed by atoms with Crippen LogP contribution in [0.5, 0.6) is 0 Å². The van der Waals surface area contributed by atoms with Gasteiger partial charge in [0.25, 0.3) is 0 Å². The summed E-state index contributed by atoms with van der Waals surface area (Å²) in [6.45, 7) is 9.27. The minimum Gasteiger partial charge on any atom is -0.315 e. The second-order valence-corrected chi connectivity index (χ2v) is 8.33. The molecule has 1 fully saturated rings. The number of rotatable bonds is 0. The van der Waals surface area contributed by atoms with Gasteiger partial charge in [0.15, 0.2) is 0 Å². The molecule has 1 rings (SSSR count). The topological polar surface area (TPSA) is 53.0 Å². The summed E-state index contributed by atoms with van der Waals surface area (Å²) < 4.78 is 19.6. The Hall–Kier alpha value is -0.0900. The number of hydrogen-bond donors (Lipinski definition) is 2. The predicted molar refractivity (Wildman–Crippen MR) is 56.5 cm³/mol. The summed E-state index contributed by atoms with van der Waals surface area (Å²) >= 11 is 0. The maximum absolute atomic E-state index is 12.4. The Balaban J connectivity index is 3.19. The van der Waals surface area contributed by atoms with E-state index in [9.17, 15) is 4.21 Å². The highest BCUT2D eigenvalue weighted by Crippen LogP contribution is 2.33. The molecule has 1 aliphatic heterocycles. The van der Waals surface area contributed by atoms with Crippen molar-refractivity contribution in [1.29, 1.82) is 4.78 Å². The highest BCUT2D eigenvalue weighted by atomic mass is 32.2. The molecule has 1 atom stereocenters. The van der Waals surface area contributed by atoms with E-state index >= 15 is 0 Å². The van der Waals surface area contributed by atoms with Crippen LogP contribution in [0.25, 0.3) is 0 Å². The fourth-order valence-electron chi connectivity index (χ4n) is 1.77. The Morgan fingerprint density at radius 3 is 2.31 bits per heavy atom. The van der Waals surface area contributed by atoms with Crippen molar-refractivity contribution in [3.05, 3.63) is 0 Å². The summed E-state index contributed by atoms with van der Waals surface area (Å²) in [6.07, 6.45) is 0.818. The average molecular weight is 204 g/mol. The maximum atomic E-state index is 12.4. The van der Waals surface area contributed by atoms with E-state index in [0.717, 1.165) is 13.0 Å². The van der Waals surface area contributed by atoms with Crippen LogP contribution in [0.2, 0.25) is 0 Å². The third kappa shape index (κ3) is 1.62. The van der Waals surface area contributed by atoms with E-state index in [0.29, 0.717) is 6.54 Å². The molecular weight excluding hydrogens is 184 g/mol. The van der Waals surface area contributed by atoms with Gasteiger partial charge in [-0.1, -0.05) is 0 Å². The van der Waals surface area contributed by atoms with E-state index in [-0.39, 0.29) is 4.75 Å². The molecule has 0 spiro atoms. The van der Waals surface area contributed by atoms with Gasteiger partial charge in [-0.05, 0) is 40.7 Å². The molecule has 78 valence electrons. The third-order valence-electron chi connectivity index (χ3n) is 3.01. The van der Waals surface area contributed by atoms with Gasteiger partial charge >= 0.3 is 0 Å². The third-order valence-corrected chi connectivity index (χ3v) is 6.47. The average Bonchev–Trinajstić information content (AvgIpc) is 2.01. The van der Waals surface area contributed by atoms with Crippen LogP contribution in [0.15, 0.2) is 0 Å². The first-order valence-electron chi connectivity index (χ1n) is 4.69. The SMILES string of the molecule is CC1(C)CCNCC(C)(C)S1(=N)=O. The van der Waals surface area contributed by atoms with E-state index in [2.05, 4.69) is 5.32 Å². The van der Waals surface area contributed by atoms with Crippen molar-refractivity contribution in [3.63, 3.8) is 0 Å². The first-order valence-corrected chi connectivity index (χ1v) is 6.25. The molecule has 1 aliphatic rings. The Kier molecular flexibility index (Phi) is 2.50. The van der Waals surface area contributed by atoms with Gasteiger partial charge in [-0.15, -0.1) is 0 Å². The quantitative estimate of drug-likeness (QED) is 0.629. The van der Waals surface area contributed by atoms with Gasteiger partial charge in [0.2, 0.25) is 0 Å². The second-order valence-electron chi connectivity index (χ2n) is 5.00. The zero-order chi connectivity index (χ0) is 10.3. The smallest absolute Gasteiger partial charge is 0.0612 e. The summed E-state index contributed by atoms with van der Waals surface area (Å²) in [5.74, 6) is 0. The molecule has 0 amide bonds. The van der Waals surface area contributed by atoms with Crippen molar-refractivity contribution in [1.82, 2.24) is 5.32 Å². The number of hydrogen-bond acceptors (Lipinski definition) is 3. The van der Waals surface area contributed by atoms with Crippen LogP contribution >= 0.6 is 0 Å². The molecule has 0 aromatic heterocycles. The van der Waals surface area contributed by atoms with E-state index < -0.39 is 14.5 Å². The fourth-order valence-corrected chi connectivity index (χ4v) is 3.96. The minimum atomic E-state index is -2.54. The Morgan fingerprint density at radius 2 is 1.77 bits per heavy atom. The highest BCUT2D eigenvalue weighted by Gasteiger charge is 2.43. The van der Waals surface area contributed by atoms with Gasteiger partial charge in [0, 0.05) is 6.54 Å². The summed E-state index contributed by atoms with van der Waals surface area (Å²) in [6, 6.07) is 0. The Morgan fingerprint density at radius 1 is 1.23 bits per heavy atom. The predicted octanol–water partition coefficient (Wildman–Crippen LogP) is 1.58. The first kappa shape index (κ1) is 11.0. The summed E-state index contributed by atoms with van der Waals surface area (Å²) in [7, 11) is -2.54. The highest BCUT2D eigenvalue weighted by molar-refractivity contribution is 7.95. The fraction of sp³-hybridized carbons (Fsp3) is 1.00. The van der Waals surface area contributed by atoms with Crippen molar-refractivity contribution < 1.29 is 4.21 Å². The van der Waals surface area contributed by atoms with Crippen molar-refractivity contribution in [2.24, 2.45) is 0 Å². The minimum absolute atomic E-state index is 0.375. The Bertz CT molecular complexity index is 267. The zero-order valence-corrected chi connectivity index (χ0v) is 9.75. The Labute approximate surface area is 81.3 Å². The zero-order valence-electron chi connectivity index (χ0n) is 8.94. The number of nitrogens with one attached hydrogen (secondary N) is 2.